The lowest BCUT2D eigenvalue weighted by Crippen LogP contribution is -2.58. The van der Waals surface area contributed by atoms with Crippen molar-refractivity contribution < 1.29 is 47.5 Å². The number of nitrogens with one attached hydrogen (secondary N) is 1. The Labute approximate surface area is 299 Å². The molecule has 1 saturated heterocycles. The number of H-pyrrole nitrogens is 1. The van der Waals surface area contributed by atoms with E-state index in [1.54, 1.807) is 26.4 Å². The Morgan fingerprint density at radius 2 is 1.57 bits per heavy atom. The predicted octanol–water partition coefficient (Wildman–Crippen LogP) is 5.69. The van der Waals surface area contributed by atoms with Crippen molar-refractivity contribution in [2.75, 3.05) is 55.7 Å². The Morgan fingerprint density at radius 3 is 2.16 bits per heavy atom. The van der Waals surface area contributed by atoms with E-state index in [1.165, 1.54) is 51.5 Å². The van der Waals surface area contributed by atoms with Crippen LogP contribution in [0.3, 0.4) is 0 Å². The predicted molar refractivity (Wildman–Crippen MR) is 189 cm³/mol. The number of aromatic nitrogens is 1. The number of ketones is 1. The number of hydrogen-bond donors (Lipinski definition) is 1. The van der Waals surface area contributed by atoms with Crippen LogP contribution in [0.4, 0.5) is 0 Å². The number of carbonyl (C=O) groups is 3. The van der Waals surface area contributed by atoms with Gasteiger partial charge in [0.2, 0.25) is 5.75 Å². The molecule has 1 N–H and O–H groups in total. The Kier molecular flexibility index (Phi) is 11.4. The molecule has 2 aromatic carbocycles. The van der Waals surface area contributed by atoms with Gasteiger partial charge in [-0.15, -0.1) is 0 Å². The van der Waals surface area contributed by atoms with Gasteiger partial charge in [-0.05, 0) is 73.8 Å². The van der Waals surface area contributed by atoms with Gasteiger partial charge >= 0.3 is 11.9 Å². The van der Waals surface area contributed by atoms with E-state index in [1.807, 2.05) is 12.1 Å². The van der Waals surface area contributed by atoms with Crippen LogP contribution in [-0.4, -0.2) is 95.6 Å². The van der Waals surface area contributed by atoms with E-state index in [0.29, 0.717) is 29.5 Å². The molecule has 3 heterocycles. The van der Waals surface area contributed by atoms with Crippen molar-refractivity contribution in [3.05, 3.63) is 47.2 Å². The molecular formula is C39H50N2O10. The zero-order chi connectivity index (χ0) is 36.2. The number of carbonyl (C=O) groups excluding carboxylic acids is 3. The summed E-state index contributed by atoms with van der Waals surface area (Å²) in [5.74, 6) is 0.905. The summed E-state index contributed by atoms with van der Waals surface area (Å²) in [6.07, 6.45) is 6.16. The van der Waals surface area contributed by atoms with Crippen LogP contribution < -0.4 is 18.9 Å². The van der Waals surface area contributed by atoms with Crippen molar-refractivity contribution in [2.45, 2.75) is 69.6 Å². The quantitative estimate of drug-likeness (QED) is 0.290. The number of nitrogens with zero attached hydrogens (tertiary/aromatic N) is 1. The zero-order valence-corrected chi connectivity index (χ0v) is 30.5. The van der Waals surface area contributed by atoms with Crippen molar-refractivity contribution >= 4 is 28.6 Å². The zero-order valence-electron chi connectivity index (χ0n) is 30.5. The van der Waals surface area contributed by atoms with Gasteiger partial charge in [-0.1, -0.05) is 6.42 Å². The molecule has 0 spiro atoms. The van der Waals surface area contributed by atoms with E-state index in [2.05, 4.69) is 16.0 Å². The number of methoxy groups -OCH3 is 6. The van der Waals surface area contributed by atoms with Gasteiger partial charge in [-0.2, -0.15) is 0 Å². The van der Waals surface area contributed by atoms with E-state index in [4.69, 9.17) is 33.2 Å². The van der Waals surface area contributed by atoms with Crippen LogP contribution in [0.15, 0.2) is 30.3 Å². The Morgan fingerprint density at radius 1 is 0.843 bits per heavy atom. The van der Waals surface area contributed by atoms with Gasteiger partial charge < -0.3 is 38.1 Å². The normalized spacial score (nSPS) is 25.6. The lowest BCUT2D eigenvalue weighted by Gasteiger charge is -2.52. The lowest BCUT2D eigenvalue weighted by molar-refractivity contribution is -0.176. The highest BCUT2D eigenvalue weighted by atomic mass is 16.6. The molecule has 1 aromatic heterocycles. The smallest absolute Gasteiger partial charge is 0.338 e. The van der Waals surface area contributed by atoms with Crippen LogP contribution >= 0.6 is 0 Å². The molecule has 0 radical (unpaired) electrons. The van der Waals surface area contributed by atoms with Gasteiger partial charge in [-0.3, -0.25) is 14.5 Å². The molecule has 3 fully saturated rings. The monoisotopic (exact) mass is 706 g/mol. The molecule has 2 aliphatic heterocycles. The second-order valence-electron chi connectivity index (χ2n) is 13.8. The fourth-order valence-electron chi connectivity index (χ4n) is 8.71. The topological polar surface area (TPSA) is 135 Å². The van der Waals surface area contributed by atoms with Crippen LogP contribution in [0.2, 0.25) is 0 Å². The molecule has 7 rings (SSSR count). The minimum absolute atomic E-state index is 0.0170. The minimum atomic E-state index is -0.670. The second kappa shape index (κ2) is 15.9. The molecule has 2 saturated carbocycles. The average molecular weight is 707 g/mol. The number of fused-ring (bicyclic) bond motifs is 6. The first-order valence-electron chi connectivity index (χ1n) is 17.8. The largest absolute Gasteiger partial charge is 0.497 e. The summed E-state index contributed by atoms with van der Waals surface area (Å²) in [6, 6.07) is 9.40. The van der Waals surface area contributed by atoms with Crippen LogP contribution in [0.25, 0.3) is 10.9 Å². The summed E-state index contributed by atoms with van der Waals surface area (Å²) in [7, 11) is 9.10. The van der Waals surface area contributed by atoms with E-state index in [-0.39, 0.29) is 29.4 Å². The molecular weight excluding hydrogens is 656 g/mol. The molecule has 4 aliphatic rings. The average Bonchev–Trinajstić information content (AvgIpc) is 3.54. The SMILES string of the molecule is COC(=O)[C@H]1[C@H]2C[C@@H]3c4[nH]c5cc(OC)ccc5c4CCN3C[C@H]2C[C@@H](OC(=O)c2cc(OC)c(OC)c(OC)c2)[C@@H]1OC.O=C1CCCCC1. The molecule has 12 heteroatoms. The highest BCUT2D eigenvalue weighted by Crippen LogP contribution is 2.51. The summed E-state index contributed by atoms with van der Waals surface area (Å²) in [5.41, 5.74) is 3.83. The van der Waals surface area contributed by atoms with Crippen LogP contribution in [0, 0.1) is 17.8 Å². The first-order valence-corrected chi connectivity index (χ1v) is 17.8. The standard InChI is InChI=1S/C33H40N2O9.C6H10O/c1-38-19-7-8-20-21-9-10-35-16-18-13-27(44-32(36)17-11-25(39-2)30(41-4)26(12-17)40-3)31(42-5)28(33(37)43-6)22(18)15-24(35)29(21)34-23(20)14-19;7-6-4-2-1-3-5-6/h7-8,11-12,14,18,22,24,27-28,31,34H,9-10,13,15-16H2,1-6H3;1-5H2/t18-,22+,24-,27-,28+,31+;/m1./s1. The summed E-state index contributed by atoms with van der Waals surface area (Å²) >= 11 is 0. The maximum absolute atomic E-state index is 13.5. The molecule has 0 amide bonds. The first-order chi connectivity index (χ1) is 24.7. The van der Waals surface area contributed by atoms with Crippen molar-refractivity contribution in [3.8, 4) is 23.0 Å². The third kappa shape index (κ3) is 7.26. The van der Waals surface area contributed by atoms with Crippen molar-refractivity contribution in [2.24, 2.45) is 17.8 Å². The third-order valence-corrected chi connectivity index (χ3v) is 11.2. The molecule has 0 bridgehead atoms. The van der Waals surface area contributed by atoms with Crippen molar-refractivity contribution in [1.82, 2.24) is 9.88 Å². The third-order valence-electron chi connectivity index (χ3n) is 11.2. The number of hydrogen-bond acceptors (Lipinski definition) is 11. The molecule has 276 valence electrons. The second-order valence-corrected chi connectivity index (χ2v) is 13.8. The van der Waals surface area contributed by atoms with Gasteiger partial charge in [0.1, 0.15) is 23.7 Å². The Balaban J connectivity index is 0.000000573. The van der Waals surface area contributed by atoms with Crippen molar-refractivity contribution in [1.29, 1.82) is 0 Å². The Bertz CT molecular complexity index is 1700. The summed E-state index contributed by atoms with van der Waals surface area (Å²) < 4.78 is 39.1. The fraction of sp³-hybridized carbons (Fsp3) is 0.564. The number of esters is 2. The number of Topliss-reactive ketones (excluding diaryl/α,β-unsaturated/α-hetero) is 1. The number of ether oxygens (including phenoxy) is 7. The van der Waals surface area contributed by atoms with Gasteiger partial charge in [-0.25, -0.2) is 4.79 Å². The number of piperidine rings is 1. The van der Waals surface area contributed by atoms with E-state index < -0.39 is 24.1 Å². The van der Waals surface area contributed by atoms with Gasteiger partial charge in [0.15, 0.2) is 11.5 Å². The molecule has 0 unspecified atom stereocenters. The van der Waals surface area contributed by atoms with Crippen molar-refractivity contribution in [3.63, 3.8) is 0 Å². The maximum Gasteiger partial charge on any atom is 0.338 e. The van der Waals surface area contributed by atoms with E-state index in [0.717, 1.165) is 62.9 Å². The van der Waals surface area contributed by atoms with Crippen LogP contribution in [0.1, 0.15) is 72.6 Å². The van der Waals surface area contributed by atoms with E-state index >= 15 is 0 Å². The van der Waals surface area contributed by atoms with Gasteiger partial charge in [0.05, 0.1) is 53.1 Å². The number of rotatable bonds is 8. The molecule has 3 aromatic rings. The highest BCUT2D eigenvalue weighted by Gasteiger charge is 2.54. The minimum Gasteiger partial charge on any atom is -0.497 e. The highest BCUT2D eigenvalue weighted by molar-refractivity contribution is 5.91. The van der Waals surface area contributed by atoms with Gasteiger partial charge in [0.25, 0.3) is 0 Å². The van der Waals surface area contributed by atoms with Gasteiger partial charge in [0, 0.05) is 55.7 Å². The lowest BCUT2D eigenvalue weighted by atomic mass is 9.63. The molecule has 51 heavy (non-hydrogen) atoms. The molecule has 6 atom stereocenters. The summed E-state index contributed by atoms with van der Waals surface area (Å²) in [4.78, 5) is 43.6. The number of aromatic amines is 1. The summed E-state index contributed by atoms with van der Waals surface area (Å²) in [5, 5.41) is 1.21. The van der Waals surface area contributed by atoms with E-state index in [9.17, 15) is 14.4 Å². The van der Waals surface area contributed by atoms with Crippen LogP contribution in [0.5, 0.6) is 23.0 Å². The number of benzene rings is 2. The first kappa shape index (κ1) is 36.5. The molecule has 12 nitrogen and oxygen atoms in total. The maximum atomic E-state index is 13.5. The van der Waals surface area contributed by atoms with Crippen LogP contribution in [-0.2, 0) is 30.2 Å². The Hall–Kier alpha value is -4.29. The fourth-order valence-corrected chi connectivity index (χ4v) is 8.71. The molecule has 2 aliphatic carbocycles. The summed E-state index contributed by atoms with van der Waals surface area (Å²) in [6.45, 7) is 1.68.